The fraction of sp³-hybridized carbons (Fsp3) is 0.593. The smallest absolute Gasteiger partial charge is 0.455 e. The van der Waals surface area contributed by atoms with Crippen molar-refractivity contribution in [3.63, 3.8) is 0 Å². The first-order valence-electron chi connectivity index (χ1n) is 13.9. The number of halogens is 6. The Balaban J connectivity index is 2.10. The maximum Gasteiger partial charge on any atom is 0.455 e. The molecule has 14 nitrogen and oxygen atoms in total. The van der Waals surface area contributed by atoms with Gasteiger partial charge in [-0.2, -0.15) is 22.0 Å². The molecular weight excluding hydrogens is 652 g/mol. The van der Waals surface area contributed by atoms with Gasteiger partial charge in [-0.3, -0.25) is 14.4 Å². The highest BCUT2D eigenvalue weighted by Crippen LogP contribution is 2.35. The maximum atomic E-state index is 14.2. The number of rotatable bonds is 11. The second kappa shape index (κ2) is 14.9. The summed E-state index contributed by atoms with van der Waals surface area (Å²) in [6, 6.07) is 1.30. The van der Waals surface area contributed by atoms with Gasteiger partial charge < -0.3 is 45.5 Å². The van der Waals surface area contributed by atoms with Gasteiger partial charge in [-0.25, -0.2) is 14.0 Å². The number of amides is 5. The normalized spacial score (nSPS) is 18.0. The first-order valence-corrected chi connectivity index (χ1v) is 13.9. The van der Waals surface area contributed by atoms with E-state index in [4.69, 9.17) is 14.2 Å². The minimum absolute atomic E-state index is 0.0234. The molecule has 3 atom stereocenters. The number of anilines is 1. The number of nitrogens with zero attached hydrogens (tertiary/aromatic N) is 1. The number of carbonyl (C=O) groups excluding carboxylic acids is 5. The van der Waals surface area contributed by atoms with Gasteiger partial charge in [-0.15, -0.1) is 0 Å². The van der Waals surface area contributed by atoms with E-state index in [1.807, 2.05) is 5.32 Å². The molecule has 2 rings (SSSR count). The first-order chi connectivity index (χ1) is 21.5. The van der Waals surface area contributed by atoms with Crippen molar-refractivity contribution in [2.75, 3.05) is 37.7 Å². The third-order valence-corrected chi connectivity index (χ3v) is 6.19. The molecule has 0 saturated heterocycles. The average Bonchev–Trinajstić information content (AvgIpc) is 3.02. The van der Waals surface area contributed by atoms with E-state index < -0.39 is 90.9 Å². The predicted octanol–water partition coefficient (Wildman–Crippen LogP) is 1.74. The summed E-state index contributed by atoms with van der Waals surface area (Å²) in [5.41, 5.74) is -4.15. The second-order valence-electron chi connectivity index (χ2n) is 11.3. The van der Waals surface area contributed by atoms with Crippen molar-refractivity contribution >= 4 is 35.6 Å². The maximum absolute atomic E-state index is 14.2. The molecule has 1 aliphatic heterocycles. The fourth-order valence-electron chi connectivity index (χ4n) is 3.74. The summed E-state index contributed by atoms with van der Waals surface area (Å²) in [4.78, 5) is 63.3. The van der Waals surface area contributed by atoms with Crippen molar-refractivity contribution in [2.45, 2.75) is 70.1 Å². The van der Waals surface area contributed by atoms with Gasteiger partial charge in [-0.1, -0.05) is 0 Å². The predicted molar refractivity (Wildman–Crippen MR) is 149 cm³/mol. The van der Waals surface area contributed by atoms with Gasteiger partial charge in [-0.05, 0) is 46.8 Å². The molecular formula is C27H35F6N5O9. The lowest BCUT2D eigenvalue weighted by Crippen LogP contribution is -2.63. The molecule has 1 aromatic rings. The van der Waals surface area contributed by atoms with Crippen molar-refractivity contribution in [2.24, 2.45) is 0 Å². The quantitative estimate of drug-likeness (QED) is 0.131. The molecule has 264 valence electrons. The molecule has 0 spiro atoms. The van der Waals surface area contributed by atoms with Gasteiger partial charge in [0.15, 0.2) is 0 Å². The van der Waals surface area contributed by atoms with Crippen LogP contribution in [0.15, 0.2) is 18.2 Å². The molecule has 0 radical (unpaired) electrons. The van der Waals surface area contributed by atoms with Gasteiger partial charge in [0.2, 0.25) is 5.60 Å². The Morgan fingerprint density at radius 3 is 2.13 bits per heavy atom. The molecule has 1 heterocycles. The topological polar surface area (TPSA) is 185 Å². The zero-order chi connectivity index (χ0) is 36.0. The third-order valence-electron chi connectivity index (χ3n) is 6.19. The molecule has 1 aromatic carbocycles. The van der Waals surface area contributed by atoms with Crippen LogP contribution in [-0.4, -0.2) is 103 Å². The first kappa shape index (κ1) is 38.7. The molecule has 20 heteroatoms. The molecule has 0 saturated carbocycles. The molecule has 5 amide bonds. The van der Waals surface area contributed by atoms with Crippen LogP contribution in [0.4, 0.5) is 41.6 Å². The largest absolute Gasteiger partial charge is 0.486 e. The van der Waals surface area contributed by atoms with Gasteiger partial charge in [0.05, 0.1) is 18.8 Å². The Kier molecular flexibility index (Phi) is 12.3. The van der Waals surface area contributed by atoms with E-state index in [0.29, 0.717) is 6.92 Å². The number of benzene rings is 1. The molecule has 47 heavy (non-hydrogen) atoms. The van der Waals surface area contributed by atoms with E-state index >= 15 is 0 Å². The summed E-state index contributed by atoms with van der Waals surface area (Å²) < 4.78 is 93.7. The number of alkyl halides is 5. The molecule has 0 unspecified atom stereocenters. The highest BCUT2D eigenvalue weighted by molar-refractivity contribution is 6.10. The zero-order valence-corrected chi connectivity index (χ0v) is 25.9. The van der Waals surface area contributed by atoms with E-state index in [9.17, 15) is 55.4 Å². The van der Waals surface area contributed by atoms with Gasteiger partial charge in [0, 0.05) is 19.2 Å². The van der Waals surface area contributed by atoms with Crippen LogP contribution in [0.5, 0.6) is 5.75 Å². The molecule has 0 aliphatic carbocycles. The third kappa shape index (κ3) is 10.8. The zero-order valence-electron chi connectivity index (χ0n) is 25.9. The van der Waals surface area contributed by atoms with Crippen LogP contribution in [0.1, 0.15) is 34.6 Å². The summed E-state index contributed by atoms with van der Waals surface area (Å²) in [5.74, 6) is -10.9. The number of nitrogens with one attached hydrogen (secondary N) is 4. The molecule has 0 fully saturated rings. The van der Waals surface area contributed by atoms with E-state index in [0.717, 1.165) is 28.4 Å². The lowest BCUT2D eigenvalue weighted by atomic mass is 10.0. The number of hydrogen-bond acceptors (Lipinski definition) is 9. The molecule has 0 aromatic heterocycles. The highest BCUT2D eigenvalue weighted by Gasteiger charge is 2.58. The number of alkyl carbamates (subject to hydrolysis) is 2. The molecule has 0 bridgehead atoms. The lowest BCUT2D eigenvalue weighted by Gasteiger charge is -2.29. The number of fused-ring (bicyclic) bond motifs is 1. The number of aliphatic hydroxyl groups is 1. The fourth-order valence-corrected chi connectivity index (χ4v) is 3.74. The number of hydrogen-bond donors (Lipinski definition) is 5. The molecule has 5 N–H and O–H groups in total. The van der Waals surface area contributed by atoms with Gasteiger partial charge in [0.25, 0.3) is 17.7 Å². The van der Waals surface area contributed by atoms with Crippen molar-refractivity contribution in [1.29, 1.82) is 0 Å². The number of ether oxygens (including phenoxy) is 3. The summed E-state index contributed by atoms with van der Waals surface area (Å²) in [6.07, 6.45) is -9.00. The van der Waals surface area contributed by atoms with E-state index in [-0.39, 0.29) is 24.5 Å². The summed E-state index contributed by atoms with van der Waals surface area (Å²) in [6.45, 7) is 3.40. The van der Waals surface area contributed by atoms with Gasteiger partial charge >= 0.3 is 24.3 Å². The van der Waals surface area contributed by atoms with Crippen molar-refractivity contribution < 1.29 is 69.6 Å². The Morgan fingerprint density at radius 1 is 0.957 bits per heavy atom. The van der Waals surface area contributed by atoms with Crippen molar-refractivity contribution in [1.82, 2.24) is 21.3 Å². The Hall–Kier alpha value is -4.49. The van der Waals surface area contributed by atoms with Crippen molar-refractivity contribution in [3.8, 4) is 5.75 Å². The minimum atomic E-state index is -6.03. The van der Waals surface area contributed by atoms with Crippen LogP contribution in [-0.2, 0) is 23.9 Å². The summed E-state index contributed by atoms with van der Waals surface area (Å²) in [5, 5.41) is 18.3. The van der Waals surface area contributed by atoms with Crippen LogP contribution in [0.2, 0.25) is 0 Å². The summed E-state index contributed by atoms with van der Waals surface area (Å²) >= 11 is 0. The van der Waals surface area contributed by atoms with Crippen LogP contribution in [0.3, 0.4) is 0 Å². The monoisotopic (exact) mass is 687 g/mol. The van der Waals surface area contributed by atoms with E-state index in [1.54, 1.807) is 20.8 Å². The standard InChI is InChI=1S/C27H35F6N5O9/c1-14-18(37-21(41)25(5,44)20(40)36-13-26(29,30)27(31,32)33)19(39)38(16-12-15(28)6-7-17(16)46-14)10-11-45-22(42)34-8-9-35-23(43)47-24(2,3)4/h6-7,12,14,18,44H,8-11,13H2,1-5H3,(H,34,42)(H,35,43)(H,36,40)(H,37,41)/t14-,18+,25+/m1/s1. The van der Waals surface area contributed by atoms with Crippen LogP contribution in [0.25, 0.3) is 0 Å². The lowest BCUT2D eigenvalue weighted by molar-refractivity contribution is -0.278. The Bertz CT molecular complexity index is 1340. The minimum Gasteiger partial charge on any atom is -0.486 e. The van der Waals surface area contributed by atoms with E-state index in [1.165, 1.54) is 6.92 Å². The van der Waals surface area contributed by atoms with Crippen LogP contribution >= 0.6 is 0 Å². The summed E-state index contributed by atoms with van der Waals surface area (Å²) in [7, 11) is 0. The van der Waals surface area contributed by atoms with Crippen molar-refractivity contribution in [3.05, 3.63) is 24.0 Å². The van der Waals surface area contributed by atoms with Gasteiger partial charge in [0.1, 0.15) is 35.9 Å². The highest BCUT2D eigenvalue weighted by atomic mass is 19.4. The Labute approximate surface area is 264 Å². The average molecular weight is 688 g/mol. The number of carbonyl (C=O) groups is 5. The van der Waals surface area contributed by atoms with Crippen LogP contribution in [0, 0.1) is 5.82 Å². The second-order valence-corrected chi connectivity index (χ2v) is 11.3. The van der Waals surface area contributed by atoms with Crippen LogP contribution < -0.4 is 30.9 Å². The van der Waals surface area contributed by atoms with E-state index in [2.05, 4.69) is 10.6 Å². The molecule has 1 aliphatic rings. The Morgan fingerprint density at radius 2 is 1.55 bits per heavy atom. The SMILES string of the molecule is C[C@H]1Oc2ccc(F)cc2N(CCOC(=O)NCCNC(=O)OC(C)(C)C)C(=O)[C@H]1NC(=O)[C@@](C)(O)C(=O)NCC(F)(F)C(F)(F)F.